The van der Waals surface area contributed by atoms with Gasteiger partial charge in [-0.25, -0.2) is 9.78 Å². The van der Waals surface area contributed by atoms with Gasteiger partial charge in [0, 0.05) is 50.6 Å². The summed E-state index contributed by atoms with van der Waals surface area (Å²) in [7, 11) is 2.24. The van der Waals surface area contributed by atoms with Crippen LogP contribution in [0.2, 0.25) is 0 Å². The zero-order chi connectivity index (χ0) is 30.8. The molecule has 2 aromatic heterocycles. The van der Waals surface area contributed by atoms with Crippen molar-refractivity contribution in [1.82, 2.24) is 9.97 Å². The predicted octanol–water partition coefficient (Wildman–Crippen LogP) is 9.73. The molecule has 0 atom stereocenters. The number of anilines is 2. The van der Waals surface area contributed by atoms with Gasteiger partial charge >= 0.3 is 5.97 Å². The second-order valence-corrected chi connectivity index (χ2v) is 13.5. The van der Waals surface area contributed by atoms with Crippen molar-refractivity contribution in [2.75, 3.05) is 11.9 Å². The molecule has 5 nitrogen and oxygen atoms in total. The summed E-state index contributed by atoms with van der Waals surface area (Å²) < 4.78 is 0. The Labute approximate surface area is 287 Å². The molecule has 0 unspecified atom stereocenters. The van der Waals surface area contributed by atoms with Crippen molar-refractivity contribution < 1.29 is 30.0 Å². The number of benzene rings is 2. The van der Waals surface area contributed by atoms with Crippen LogP contribution in [-0.2, 0) is 25.5 Å². The molecule has 0 bridgehead atoms. The number of carboxylic acids is 1. The largest absolute Gasteiger partial charge is 0.477 e. The van der Waals surface area contributed by atoms with E-state index in [0.29, 0.717) is 5.92 Å². The van der Waals surface area contributed by atoms with E-state index in [1.54, 1.807) is 17.8 Å². The Bertz CT molecular complexity index is 1610. The molecule has 241 valence electrons. The number of aromatic nitrogens is 2. The first-order valence-electron chi connectivity index (χ1n) is 17.1. The number of hydrogen-bond acceptors (Lipinski definition) is 4. The van der Waals surface area contributed by atoms with Crippen LogP contribution in [0.5, 0.6) is 0 Å². The van der Waals surface area contributed by atoms with Crippen molar-refractivity contribution in [3.8, 4) is 11.3 Å². The van der Waals surface area contributed by atoms with E-state index in [-0.39, 0.29) is 31.2 Å². The van der Waals surface area contributed by atoms with Gasteiger partial charge in [-0.05, 0) is 97.0 Å². The number of fused-ring (bicyclic) bond motifs is 2. The molecule has 3 saturated carbocycles. The average Bonchev–Trinajstić information content (AvgIpc) is 3.91. The third-order valence-corrected chi connectivity index (χ3v) is 11.2. The van der Waals surface area contributed by atoms with Crippen LogP contribution in [0, 0.1) is 17.9 Å². The normalized spacial score (nSPS) is 19.1. The fourth-order valence-electron chi connectivity index (χ4n) is 9.27. The van der Waals surface area contributed by atoms with Crippen molar-refractivity contribution in [1.29, 1.82) is 0 Å². The summed E-state index contributed by atoms with van der Waals surface area (Å²) in [5, 5.41) is 8.68. The monoisotopic (exact) mass is 791 g/mol. The van der Waals surface area contributed by atoms with Gasteiger partial charge in [-0.2, -0.15) is 0 Å². The van der Waals surface area contributed by atoms with Crippen LogP contribution in [-0.4, -0.2) is 28.1 Å². The van der Waals surface area contributed by atoms with Gasteiger partial charge in [0.05, 0.1) is 0 Å². The van der Waals surface area contributed by atoms with Gasteiger partial charge in [-0.1, -0.05) is 80.5 Å². The molecule has 0 amide bonds. The molecule has 4 aliphatic rings. The number of nitrogens with zero attached hydrogens (tertiary/aromatic N) is 3. The SMILES string of the molecule is CN1c2ccccc2C(C2CCCC2)(C2CCCC2)c2cc[c-]c(-c3ccccn3)c21.O=C(O)c1ccc(C2CCCC2)cn1.[Ir]. The van der Waals surface area contributed by atoms with E-state index >= 15 is 0 Å². The van der Waals surface area contributed by atoms with E-state index in [2.05, 4.69) is 71.5 Å². The Hall–Kier alpha value is -3.34. The first-order valence-corrected chi connectivity index (χ1v) is 17.1. The Morgan fingerprint density at radius 2 is 1.46 bits per heavy atom. The smallest absolute Gasteiger partial charge is 0.354 e. The number of aromatic carboxylic acids is 1. The van der Waals surface area contributed by atoms with Crippen LogP contribution in [0.4, 0.5) is 11.4 Å². The Morgan fingerprint density at radius 1 is 0.804 bits per heavy atom. The Balaban J connectivity index is 0.000000209. The van der Waals surface area contributed by atoms with Crippen LogP contribution in [0.25, 0.3) is 11.3 Å². The van der Waals surface area contributed by atoms with E-state index in [0.717, 1.165) is 23.1 Å². The molecule has 0 spiro atoms. The van der Waals surface area contributed by atoms with E-state index in [1.807, 2.05) is 18.3 Å². The molecule has 1 N–H and O–H groups in total. The molecule has 3 aliphatic carbocycles. The van der Waals surface area contributed by atoms with E-state index in [1.165, 1.54) is 99.6 Å². The predicted molar refractivity (Wildman–Crippen MR) is 180 cm³/mol. The van der Waals surface area contributed by atoms with E-state index in [4.69, 9.17) is 10.1 Å². The number of carboxylic acid groups (broad SMARTS) is 1. The number of hydrogen-bond donors (Lipinski definition) is 1. The maximum atomic E-state index is 10.6. The molecule has 8 rings (SSSR count). The standard InChI is InChI=1S/C29H31N2.C11H13NO2.Ir/c1-31-27-19-7-6-16-24(27)29(21-11-2-3-12-21,22-13-4-5-14-22)25-17-10-15-23(28(25)31)26-18-8-9-20-30-26;13-11(14)10-6-5-9(7-12-10)8-3-1-2-4-8;/h6-10,16-22H,2-5,11-14H2,1H3;5-8H,1-4H2,(H,13,14);/q-1;;. The summed E-state index contributed by atoms with van der Waals surface area (Å²) in [5.41, 5.74) is 9.43. The first kappa shape index (κ1) is 32.6. The minimum Gasteiger partial charge on any atom is -0.477 e. The minimum atomic E-state index is -0.956. The molecular formula is C40H44IrN3O2-. The number of carbonyl (C=O) groups is 1. The summed E-state index contributed by atoms with van der Waals surface area (Å²) in [4.78, 5) is 21.7. The van der Waals surface area contributed by atoms with E-state index in [9.17, 15) is 4.79 Å². The van der Waals surface area contributed by atoms with Crippen LogP contribution < -0.4 is 4.90 Å². The summed E-state index contributed by atoms with van der Waals surface area (Å²) >= 11 is 0. The van der Waals surface area contributed by atoms with E-state index < -0.39 is 5.97 Å². The zero-order valence-electron chi connectivity index (χ0n) is 26.8. The maximum absolute atomic E-state index is 10.6. The fourth-order valence-corrected chi connectivity index (χ4v) is 9.27. The molecule has 6 heteroatoms. The number of rotatable bonds is 5. The van der Waals surface area contributed by atoms with Crippen molar-refractivity contribution in [3.05, 3.63) is 108 Å². The Kier molecular flexibility index (Phi) is 10.1. The molecule has 0 saturated heterocycles. The van der Waals surface area contributed by atoms with Gasteiger partial charge in [-0.15, -0.1) is 23.8 Å². The van der Waals surface area contributed by atoms with Gasteiger partial charge in [0.1, 0.15) is 5.69 Å². The molecule has 3 heterocycles. The summed E-state index contributed by atoms with van der Waals surface area (Å²) in [6.45, 7) is 0. The van der Waals surface area contributed by atoms with Gasteiger partial charge in [0.2, 0.25) is 0 Å². The second-order valence-electron chi connectivity index (χ2n) is 13.5. The van der Waals surface area contributed by atoms with Crippen molar-refractivity contribution in [3.63, 3.8) is 0 Å². The van der Waals surface area contributed by atoms with Crippen LogP contribution >= 0.6 is 0 Å². The third kappa shape index (κ3) is 5.84. The topological polar surface area (TPSA) is 66.3 Å². The molecule has 2 aromatic carbocycles. The molecule has 4 aromatic rings. The number of pyridine rings is 2. The molecule has 3 fully saturated rings. The minimum absolute atomic E-state index is 0. The second kappa shape index (κ2) is 14.2. The maximum Gasteiger partial charge on any atom is 0.354 e. The van der Waals surface area contributed by atoms with Crippen molar-refractivity contribution in [2.24, 2.45) is 11.8 Å². The van der Waals surface area contributed by atoms with Gasteiger partial charge in [0.25, 0.3) is 0 Å². The van der Waals surface area contributed by atoms with Gasteiger partial charge in [-0.3, -0.25) is 0 Å². The van der Waals surface area contributed by atoms with Gasteiger partial charge < -0.3 is 15.0 Å². The molecule has 46 heavy (non-hydrogen) atoms. The molecule has 1 aliphatic heterocycles. The van der Waals surface area contributed by atoms with Crippen molar-refractivity contribution in [2.45, 2.75) is 88.4 Å². The first-order chi connectivity index (χ1) is 22.1. The molecule has 1 radical (unpaired) electrons. The summed E-state index contributed by atoms with van der Waals surface area (Å²) in [6, 6.07) is 27.1. The third-order valence-electron chi connectivity index (χ3n) is 11.2. The fraction of sp³-hybridized carbons (Fsp3) is 0.425. The van der Waals surface area contributed by atoms with Crippen LogP contribution in [0.15, 0.2) is 79.1 Å². The summed E-state index contributed by atoms with van der Waals surface area (Å²) in [5.74, 6) is 1.10. The quantitative estimate of drug-likeness (QED) is 0.204. The summed E-state index contributed by atoms with van der Waals surface area (Å²) in [6.07, 6.45) is 19.5. The van der Waals surface area contributed by atoms with Crippen LogP contribution in [0.1, 0.15) is 110 Å². The number of para-hydroxylation sites is 1. The molecular weight excluding hydrogens is 747 g/mol. The van der Waals surface area contributed by atoms with Crippen LogP contribution in [0.3, 0.4) is 0 Å². The zero-order valence-corrected chi connectivity index (χ0v) is 29.1. The Morgan fingerprint density at radius 3 is 2.07 bits per heavy atom. The van der Waals surface area contributed by atoms with Crippen molar-refractivity contribution >= 4 is 17.3 Å². The average molecular weight is 791 g/mol. The van der Waals surface area contributed by atoms with Gasteiger partial charge in [0.15, 0.2) is 0 Å².